The van der Waals surface area contributed by atoms with E-state index < -0.39 is 0 Å². The molecular formula is C24H28N2O2. The second-order valence-electron chi connectivity index (χ2n) is 9.03. The summed E-state index contributed by atoms with van der Waals surface area (Å²) in [5.74, 6) is 1.67. The molecule has 1 heterocycles. The molecule has 1 aliphatic rings. The van der Waals surface area contributed by atoms with Gasteiger partial charge in [-0.3, -0.25) is 4.79 Å². The normalized spacial score (nSPS) is 18.2. The highest BCUT2D eigenvalue weighted by Gasteiger charge is 2.38. The van der Waals surface area contributed by atoms with Crippen molar-refractivity contribution in [2.45, 2.75) is 58.0 Å². The van der Waals surface area contributed by atoms with Gasteiger partial charge in [0.2, 0.25) is 0 Å². The minimum atomic E-state index is 0.0402. The molecule has 0 atom stereocenters. The molecule has 4 heteroatoms. The average molecular weight is 377 g/mol. The van der Waals surface area contributed by atoms with E-state index >= 15 is 0 Å². The smallest absolute Gasteiger partial charge is 0.163 e. The van der Waals surface area contributed by atoms with Crippen molar-refractivity contribution in [1.29, 1.82) is 5.26 Å². The van der Waals surface area contributed by atoms with Crippen molar-refractivity contribution in [2.75, 3.05) is 0 Å². The van der Waals surface area contributed by atoms with Gasteiger partial charge in [-0.1, -0.05) is 12.1 Å². The Morgan fingerprint density at radius 3 is 2.29 bits per heavy atom. The largest absolute Gasteiger partial charge is 0.456 e. The number of nitrogens with one attached hydrogen (secondary N) is 1. The lowest BCUT2D eigenvalue weighted by Gasteiger charge is -2.46. The highest BCUT2D eigenvalue weighted by Crippen LogP contribution is 2.35. The third kappa shape index (κ3) is 4.99. The van der Waals surface area contributed by atoms with Gasteiger partial charge >= 0.3 is 0 Å². The first-order chi connectivity index (χ1) is 13.2. The summed E-state index contributed by atoms with van der Waals surface area (Å²) in [6.45, 7) is 8.82. The van der Waals surface area contributed by atoms with Gasteiger partial charge < -0.3 is 10.1 Å². The molecule has 146 valence electrons. The molecular weight excluding hydrogens is 348 g/mol. The summed E-state index contributed by atoms with van der Waals surface area (Å²) in [7, 11) is 0. The molecule has 0 aliphatic carbocycles. The van der Waals surface area contributed by atoms with E-state index in [-0.39, 0.29) is 16.9 Å². The van der Waals surface area contributed by atoms with Gasteiger partial charge in [0, 0.05) is 23.1 Å². The number of carbonyl (C=O) groups is 1. The van der Waals surface area contributed by atoms with E-state index in [9.17, 15) is 4.79 Å². The number of hydrogen-bond donors (Lipinski definition) is 1. The van der Waals surface area contributed by atoms with Crippen molar-refractivity contribution >= 4 is 5.78 Å². The van der Waals surface area contributed by atoms with Gasteiger partial charge in [-0.05, 0) is 82.9 Å². The van der Waals surface area contributed by atoms with Crippen LogP contribution in [0.5, 0.6) is 11.5 Å². The number of carbonyl (C=O) groups excluding carboxylic acids is 1. The van der Waals surface area contributed by atoms with Crippen molar-refractivity contribution in [2.24, 2.45) is 5.92 Å². The maximum Gasteiger partial charge on any atom is 0.163 e. The van der Waals surface area contributed by atoms with Gasteiger partial charge in [0.1, 0.15) is 17.6 Å². The molecule has 1 fully saturated rings. The average Bonchev–Trinajstić information content (AvgIpc) is 2.60. The quantitative estimate of drug-likeness (QED) is 0.702. The molecule has 2 aromatic carbocycles. The van der Waals surface area contributed by atoms with Crippen molar-refractivity contribution in [1.82, 2.24) is 5.32 Å². The Labute approximate surface area is 167 Å². The number of ketones is 1. The lowest BCUT2D eigenvalue weighted by Crippen LogP contribution is -2.57. The molecule has 1 saturated heterocycles. The zero-order chi connectivity index (χ0) is 20.4. The molecule has 0 amide bonds. The van der Waals surface area contributed by atoms with Crippen LogP contribution in [0.15, 0.2) is 48.5 Å². The zero-order valence-corrected chi connectivity index (χ0v) is 17.1. The molecule has 0 radical (unpaired) electrons. The highest BCUT2D eigenvalue weighted by atomic mass is 16.5. The fraction of sp³-hybridized carbons (Fsp3) is 0.417. The fourth-order valence-corrected chi connectivity index (χ4v) is 4.54. The summed E-state index contributed by atoms with van der Waals surface area (Å²) < 4.78 is 5.80. The van der Waals surface area contributed by atoms with Gasteiger partial charge in [0.15, 0.2) is 5.78 Å². The van der Waals surface area contributed by atoms with Gasteiger partial charge in [-0.15, -0.1) is 0 Å². The Kier molecular flexibility index (Phi) is 5.58. The highest BCUT2D eigenvalue weighted by molar-refractivity contribution is 5.96. The van der Waals surface area contributed by atoms with Gasteiger partial charge in [-0.2, -0.15) is 5.26 Å². The second-order valence-corrected chi connectivity index (χ2v) is 9.03. The minimum Gasteiger partial charge on any atom is -0.456 e. The van der Waals surface area contributed by atoms with Gasteiger partial charge in [0.25, 0.3) is 0 Å². The molecule has 0 aromatic heterocycles. The number of nitriles is 1. The maximum absolute atomic E-state index is 12.8. The van der Waals surface area contributed by atoms with Crippen LogP contribution < -0.4 is 10.1 Å². The third-order valence-corrected chi connectivity index (χ3v) is 5.16. The van der Waals surface area contributed by atoms with Crippen LogP contribution in [0.25, 0.3) is 0 Å². The molecule has 1 aliphatic heterocycles. The number of Topliss-reactive ketones (excluding diaryl/α,β-unsaturated/α-hetero) is 1. The Balaban J connectivity index is 1.66. The van der Waals surface area contributed by atoms with Crippen molar-refractivity contribution in [3.8, 4) is 17.6 Å². The van der Waals surface area contributed by atoms with E-state index in [1.807, 2.05) is 18.2 Å². The molecule has 0 spiro atoms. The maximum atomic E-state index is 12.8. The van der Waals surface area contributed by atoms with E-state index in [2.05, 4.69) is 39.1 Å². The number of rotatable bonds is 5. The van der Waals surface area contributed by atoms with Crippen molar-refractivity contribution in [3.05, 3.63) is 59.7 Å². The first-order valence-corrected chi connectivity index (χ1v) is 9.77. The molecule has 0 bridgehead atoms. The molecule has 0 saturated carbocycles. The second kappa shape index (κ2) is 7.77. The topological polar surface area (TPSA) is 62.1 Å². The van der Waals surface area contributed by atoms with E-state index in [1.165, 1.54) is 0 Å². The number of nitrogens with zero attached hydrogens (tertiary/aromatic N) is 1. The first-order valence-electron chi connectivity index (χ1n) is 9.77. The standard InChI is InChI=1S/C24H28N2O2/c1-23(2)14-17(15-24(3,4)26-23)13-21(27)18-9-11-20(12-10-18)28-22-8-6-5-7-19(22)16-25/h5-12,17,26H,13-15H2,1-4H3. The van der Waals surface area contributed by atoms with Crippen LogP contribution >= 0.6 is 0 Å². The zero-order valence-electron chi connectivity index (χ0n) is 17.1. The van der Waals surface area contributed by atoms with E-state index in [0.29, 0.717) is 35.0 Å². The molecule has 1 N–H and O–H groups in total. The van der Waals surface area contributed by atoms with Crippen LogP contribution in [0, 0.1) is 17.2 Å². The lowest BCUT2D eigenvalue weighted by atomic mass is 9.74. The van der Waals surface area contributed by atoms with Crippen LogP contribution in [0.4, 0.5) is 0 Å². The van der Waals surface area contributed by atoms with E-state index in [4.69, 9.17) is 10.00 Å². The van der Waals surface area contributed by atoms with Crippen LogP contribution in [0.3, 0.4) is 0 Å². The Bertz CT molecular complexity index is 876. The molecule has 0 unspecified atom stereocenters. The minimum absolute atomic E-state index is 0.0402. The molecule has 2 aromatic rings. The first kappa shape index (κ1) is 20.1. The Morgan fingerprint density at radius 2 is 1.68 bits per heavy atom. The third-order valence-electron chi connectivity index (χ3n) is 5.16. The van der Waals surface area contributed by atoms with Crippen LogP contribution in [0.2, 0.25) is 0 Å². The lowest BCUT2D eigenvalue weighted by molar-refractivity contribution is 0.0864. The van der Waals surface area contributed by atoms with Crippen molar-refractivity contribution < 1.29 is 9.53 Å². The van der Waals surface area contributed by atoms with Gasteiger partial charge in [0.05, 0.1) is 5.56 Å². The predicted molar refractivity (Wildman–Crippen MR) is 111 cm³/mol. The van der Waals surface area contributed by atoms with Crippen molar-refractivity contribution in [3.63, 3.8) is 0 Å². The summed E-state index contributed by atoms with van der Waals surface area (Å²) in [6, 6.07) is 16.4. The molecule has 4 nitrogen and oxygen atoms in total. The Hall–Kier alpha value is -2.64. The number of benzene rings is 2. The van der Waals surface area contributed by atoms with Crippen LogP contribution in [-0.4, -0.2) is 16.9 Å². The summed E-state index contributed by atoms with van der Waals surface area (Å²) in [5, 5.41) is 12.8. The monoisotopic (exact) mass is 376 g/mol. The summed E-state index contributed by atoms with van der Waals surface area (Å²) >= 11 is 0. The SMILES string of the molecule is CC1(C)CC(CC(=O)c2ccc(Oc3ccccc3C#N)cc2)CC(C)(C)N1. The predicted octanol–water partition coefficient (Wildman–Crippen LogP) is 5.48. The van der Waals surface area contributed by atoms with Crippen LogP contribution in [0.1, 0.15) is 62.9 Å². The Morgan fingerprint density at radius 1 is 1.07 bits per heavy atom. The van der Waals surface area contributed by atoms with Crippen LogP contribution in [-0.2, 0) is 0 Å². The van der Waals surface area contributed by atoms with Gasteiger partial charge in [-0.25, -0.2) is 0 Å². The number of para-hydroxylation sites is 1. The summed E-state index contributed by atoms with van der Waals surface area (Å²) in [5.41, 5.74) is 1.27. The van der Waals surface area contributed by atoms with E-state index in [1.54, 1.807) is 30.3 Å². The molecule has 28 heavy (non-hydrogen) atoms. The summed E-state index contributed by atoms with van der Waals surface area (Å²) in [6.07, 6.45) is 2.55. The number of ether oxygens (including phenoxy) is 1. The van der Waals surface area contributed by atoms with E-state index in [0.717, 1.165) is 12.8 Å². The number of hydrogen-bond acceptors (Lipinski definition) is 4. The number of piperidine rings is 1. The summed E-state index contributed by atoms with van der Waals surface area (Å²) in [4.78, 5) is 12.8. The molecule has 3 rings (SSSR count). The fourth-order valence-electron chi connectivity index (χ4n) is 4.54.